The lowest BCUT2D eigenvalue weighted by Crippen LogP contribution is -2.53. The Morgan fingerprint density at radius 1 is 1.31 bits per heavy atom. The van der Waals surface area contributed by atoms with E-state index in [1.165, 1.54) is 5.56 Å². The van der Waals surface area contributed by atoms with Crippen LogP contribution in [0.1, 0.15) is 37.7 Å². The number of carbonyl (C=O) groups is 2. The number of nitrogens with one attached hydrogen (secondary N) is 1. The minimum absolute atomic E-state index is 0.0917. The number of nitrogens with zero attached hydrogens (tertiary/aromatic N) is 4. The fourth-order valence-electron chi connectivity index (χ4n) is 4.33. The first-order valence-electron chi connectivity index (χ1n) is 10.2. The van der Waals surface area contributed by atoms with E-state index in [0.717, 1.165) is 12.8 Å². The number of aliphatic hydroxyl groups excluding tert-OH is 1. The van der Waals surface area contributed by atoms with Gasteiger partial charge in [0.2, 0.25) is 16.7 Å². The van der Waals surface area contributed by atoms with Gasteiger partial charge in [0, 0.05) is 19.4 Å². The summed E-state index contributed by atoms with van der Waals surface area (Å²) in [6, 6.07) is 8.54. The van der Waals surface area contributed by atoms with Crippen LogP contribution in [-0.2, 0) is 16.0 Å². The zero-order chi connectivity index (χ0) is 20.8. The van der Waals surface area contributed by atoms with Crippen molar-refractivity contribution in [3.63, 3.8) is 0 Å². The zero-order valence-corrected chi connectivity index (χ0v) is 16.5. The van der Waals surface area contributed by atoms with Crippen LogP contribution in [0.2, 0.25) is 0 Å². The molecule has 156 valence electrons. The molecule has 1 aromatic rings. The fraction of sp³-hybridized carbons (Fsp3) is 0.600. The molecule has 0 spiro atoms. The van der Waals surface area contributed by atoms with Crippen LogP contribution in [0.4, 0.5) is 0 Å². The molecule has 9 heteroatoms. The molecule has 0 aliphatic carbocycles. The summed E-state index contributed by atoms with van der Waals surface area (Å²) in [6.07, 6.45) is 2.50. The lowest BCUT2D eigenvalue weighted by atomic mass is 10.1. The van der Waals surface area contributed by atoms with Crippen LogP contribution in [0.15, 0.2) is 35.4 Å². The Kier molecular flexibility index (Phi) is 7.09. The molecule has 1 aromatic carbocycles. The van der Waals surface area contributed by atoms with Crippen LogP contribution in [0.5, 0.6) is 0 Å². The van der Waals surface area contributed by atoms with Gasteiger partial charge in [0.1, 0.15) is 22.9 Å². The van der Waals surface area contributed by atoms with Crippen LogP contribution < -0.4 is 10.6 Å². The van der Waals surface area contributed by atoms with Gasteiger partial charge in [0.25, 0.3) is 0 Å². The normalized spacial score (nSPS) is 25.0. The highest BCUT2D eigenvalue weighted by atomic mass is 16.3. The summed E-state index contributed by atoms with van der Waals surface area (Å²) in [4.78, 5) is 32.3. The number of aliphatic hydroxyl groups is 1. The summed E-state index contributed by atoms with van der Waals surface area (Å²) >= 11 is 0. The third-order valence-corrected chi connectivity index (χ3v) is 5.78. The molecule has 0 unspecified atom stereocenters. The van der Waals surface area contributed by atoms with Gasteiger partial charge >= 0.3 is 0 Å². The van der Waals surface area contributed by atoms with Crippen molar-refractivity contribution in [2.75, 3.05) is 13.1 Å². The first-order valence-corrected chi connectivity index (χ1v) is 10.2. The summed E-state index contributed by atoms with van der Waals surface area (Å²) < 4.78 is 0. The van der Waals surface area contributed by atoms with Crippen LogP contribution in [-0.4, -0.2) is 64.2 Å². The Balaban J connectivity index is 1.66. The molecule has 3 rings (SSSR count). The first kappa shape index (κ1) is 21.1. The minimum Gasteiger partial charge on any atom is -0.377 e. The van der Waals surface area contributed by atoms with E-state index in [1.807, 2.05) is 30.3 Å². The molecule has 29 heavy (non-hydrogen) atoms. The Labute approximate surface area is 170 Å². The lowest BCUT2D eigenvalue weighted by Gasteiger charge is -2.32. The molecule has 4 atom stereocenters. The third-order valence-electron chi connectivity index (χ3n) is 5.78. The summed E-state index contributed by atoms with van der Waals surface area (Å²) in [5.74, 6) is -0.290. The number of carbonyl (C=O) groups excluding carboxylic acids is 2. The van der Waals surface area contributed by atoms with E-state index in [1.54, 1.807) is 9.80 Å². The first-order chi connectivity index (χ1) is 14.0. The second kappa shape index (κ2) is 9.73. The largest absolute Gasteiger partial charge is 0.377 e. The quantitative estimate of drug-likeness (QED) is 0.353. The van der Waals surface area contributed by atoms with Gasteiger partial charge in [-0.3, -0.25) is 9.59 Å². The van der Waals surface area contributed by atoms with Gasteiger partial charge in [0.15, 0.2) is 6.04 Å². The van der Waals surface area contributed by atoms with Crippen LogP contribution in [0, 0.1) is 5.53 Å². The van der Waals surface area contributed by atoms with Crippen molar-refractivity contribution in [1.29, 1.82) is 5.53 Å². The third kappa shape index (κ3) is 5.06. The van der Waals surface area contributed by atoms with E-state index >= 15 is 0 Å². The van der Waals surface area contributed by atoms with Crippen molar-refractivity contribution in [3.05, 3.63) is 35.9 Å². The van der Waals surface area contributed by atoms with E-state index in [-0.39, 0.29) is 24.4 Å². The van der Waals surface area contributed by atoms with Crippen molar-refractivity contribution in [1.82, 2.24) is 14.7 Å². The second-order valence-corrected chi connectivity index (χ2v) is 7.74. The SMILES string of the molecule is N=[N+]=N[C@H]1C[C@@H](C(=O)N2CCC[C@H]2[C@H](N)O)N(C(=O)CCCc2ccccc2)C1. The van der Waals surface area contributed by atoms with Gasteiger partial charge in [-0.1, -0.05) is 30.3 Å². The number of amides is 2. The van der Waals surface area contributed by atoms with Gasteiger partial charge < -0.3 is 20.6 Å². The number of nitrogens with two attached hydrogens (primary N) is 1. The van der Waals surface area contributed by atoms with E-state index in [9.17, 15) is 14.7 Å². The van der Waals surface area contributed by atoms with Crippen LogP contribution in [0.25, 0.3) is 0 Å². The highest BCUT2D eigenvalue weighted by Gasteiger charge is 2.45. The summed E-state index contributed by atoms with van der Waals surface area (Å²) in [6.45, 7) is 0.807. The average Bonchev–Trinajstić information content (AvgIpc) is 3.36. The molecule has 4 N–H and O–H groups in total. The van der Waals surface area contributed by atoms with Crippen molar-refractivity contribution < 1.29 is 14.7 Å². The van der Waals surface area contributed by atoms with E-state index in [4.69, 9.17) is 11.3 Å². The Morgan fingerprint density at radius 3 is 2.76 bits per heavy atom. The van der Waals surface area contributed by atoms with Gasteiger partial charge in [-0.05, 0) is 31.2 Å². The Morgan fingerprint density at radius 2 is 2.07 bits per heavy atom. The van der Waals surface area contributed by atoms with Crippen LogP contribution in [0.3, 0.4) is 0 Å². The summed E-state index contributed by atoms with van der Waals surface area (Å²) in [5.41, 5.74) is 13.8. The topological polar surface area (TPSA) is 137 Å². The molecule has 2 aliphatic rings. The molecule has 2 heterocycles. The van der Waals surface area contributed by atoms with Crippen molar-refractivity contribution in [2.24, 2.45) is 10.8 Å². The fourth-order valence-corrected chi connectivity index (χ4v) is 4.33. The number of rotatable bonds is 7. The Hall–Kier alpha value is -2.61. The maximum Gasteiger partial charge on any atom is 0.245 e. The molecule has 0 aromatic heterocycles. The molecule has 0 saturated carbocycles. The molecule has 2 saturated heterocycles. The van der Waals surface area contributed by atoms with Gasteiger partial charge in [-0.2, -0.15) is 0 Å². The Bertz CT molecular complexity index is 765. The second-order valence-electron chi connectivity index (χ2n) is 7.74. The molecular formula is C20H29N6O3+. The zero-order valence-electron chi connectivity index (χ0n) is 16.5. The summed E-state index contributed by atoms with van der Waals surface area (Å²) in [5, 5.41) is 13.6. The van der Waals surface area contributed by atoms with E-state index in [2.05, 4.69) is 10.0 Å². The predicted octanol–water partition coefficient (Wildman–Crippen LogP) is 0.797. The predicted molar refractivity (Wildman–Crippen MR) is 105 cm³/mol. The lowest BCUT2D eigenvalue weighted by molar-refractivity contribution is -0.145. The smallest absolute Gasteiger partial charge is 0.245 e. The number of likely N-dealkylation sites (tertiary alicyclic amines) is 2. The van der Waals surface area contributed by atoms with Crippen molar-refractivity contribution in [3.8, 4) is 0 Å². The van der Waals surface area contributed by atoms with Gasteiger partial charge in [-0.15, -0.1) is 0 Å². The minimum atomic E-state index is -1.10. The van der Waals surface area contributed by atoms with Gasteiger partial charge in [-0.25, -0.2) is 0 Å². The number of benzene rings is 1. The van der Waals surface area contributed by atoms with Gasteiger partial charge in [0.05, 0.1) is 12.6 Å². The molecule has 2 amide bonds. The highest BCUT2D eigenvalue weighted by molar-refractivity contribution is 5.89. The highest BCUT2D eigenvalue weighted by Crippen LogP contribution is 2.27. The molecule has 9 nitrogen and oxygen atoms in total. The van der Waals surface area contributed by atoms with Crippen molar-refractivity contribution in [2.45, 2.75) is 62.9 Å². The molecular weight excluding hydrogens is 372 g/mol. The molecule has 2 aliphatic heterocycles. The van der Waals surface area contributed by atoms with E-state index in [0.29, 0.717) is 32.2 Å². The maximum atomic E-state index is 13.2. The standard InChI is InChI=1S/C20H29N6O3/c21-19(28)16-9-5-11-25(16)20(29)17-12-15(23-24-22)13-26(17)18(27)10-4-8-14-6-2-1-3-7-14/h1-3,6-7,15-17,19,22,28H,4-5,8-13,21H2/q+1/t15-,16-,17-,19+/m0/s1. The summed E-state index contributed by atoms with van der Waals surface area (Å²) in [7, 11) is 0. The van der Waals surface area contributed by atoms with Crippen molar-refractivity contribution >= 4 is 11.8 Å². The molecule has 0 radical (unpaired) electrons. The average molecular weight is 401 g/mol. The number of hydrogen-bond donors (Lipinski definition) is 3. The number of aryl methyl sites for hydroxylation is 1. The maximum absolute atomic E-state index is 13.2. The number of hydrogen-bond acceptors (Lipinski definition) is 6. The van der Waals surface area contributed by atoms with Crippen LogP contribution >= 0.6 is 0 Å². The molecule has 2 fully saturated rings. The van der Waals surface area contributed by atoms with E-state index < -0.39 is 18.3 Å². The molecule has 0 bridgehead atoms. The monoisotopic (exact) mass is 401 g/mol.